The minimum atomic E-state index is -1.67. The molecule has 354 valence electrons. The van der Waals surface area contributed by atoms with Crippen LogP contribution in [0.5, 0.6) is 0 Å². The van der Waals surface area contributed by atoms with Gasteiger partial charge in [0, 0.05) is 100 Å². The number of halogens is 4. The first-order chi connectivity index (χ1) is 27.7. The number of unbranched alkanes of at least 4 members (excludes halogenated alkanes) is 12. The van der Waals surface area contributed by atoms with Crippen LogP contribution in [0.1, 0.15) is 209 Å². The number of carbonyl (C=O) groups is 10. The molecule has 0 atom stereocenters. The Labute approximate surface area is 381 Å². The van der Waals surface area contributed by atoms with Gasteiger partial charge in [-0.15, -0.1) is 0 Å². The van der Waals surface area contributed by atoms with E-state index >= 15 is 0 Å². The van der Waals surface area contributed by atoms with Crippen LogP contribution < -0.4 is 0 Å². The van der Waals surface area contributed by atoms with Gasteiger partial charge >= 0.3 is 0 Å². The molecule has 0 rings (SSSR count). The Morgan fingerprint density at radius 2 is 0.433 bits per heavy atom. The van der Waals surface area contributed by atoms with Gasteiger partial charge in [-0.3, -0.25) is 28.8 Å². The number of Topliss-reactive ketones (excluding diaryl/α,β-unsaturated/α-hetero) is 6. The van der Waals surface area contributed by atoms with E-state index in [1.54, 1.807) is 27.7 Å². The molecule has 60 heavy (non-hydrogen) atoms. The van der Waals surface area contributed by atoms with Gasteiger partial charge < -0.3 is 29.4 Å². The van der Waals surface area contributed by atoms with Gasteiger partial charge in [0.25, 0.3) is 11.9 Å². The van der Waals surface area contributed by atoms with Crippen LogP contribution in [0.2, 0.25) is 0 Å². The second-order valence-corrected chi connectivity index (χ2v) is 17.3. The summed E-state index contributed by atoms with van der Waals surface area (Å²) in [5, 5.41) is 14.1. The Bertz CT molecular complexity index is 1050. The quantitative estimate of drug-likeness (QED) is 0.0550. The smallest absolute Gasteiger partial charge is 0.300 e. The second kappa shape index (κ2) is 58.7. The number of hydrogen-bond acceptors (Lipinski definition) is 11. The minimum Gasteiger partial charge on any atom is -0.481 e. The van der Waals surface area contributed by atoms with Crippen molar-refractivity contribution in [3.8, 4) is 0 Å². The summed E-state index contributed by atoms with van der Waals surface area (Å²) in [6.45, 7) is 11.2. The van der Waals surface area contributed by atoms with Crippen molar-refractivity contribution >= 4 is 111 Å². The maximum atomic E-state index is 11.6. The van der Waals surface area contributed by atoms with E-state index in [0.717, 1.165) is 104 Å². The van der Waals surface area contributed by atoms with E-state index in [-0.39, 0.29) is 33.6 Å². The van der Waals surface area contributed by atoms with Crippen LogP contribution in [0.3, 0.4) is 0 Å². The molecule has 0 radical (unpaired) electrons. The van der Waals surface area contributed by atoms with Crippen molar-refractivity contribution in [1.82, 2.24) is 0 Å². The van der Waals surface area contributed by atoms with Crippen LogP contribution in [0.15, 0.2) is 0 Å². The van der Waals surface area contributed by atoms with Gasteiger partial charge in [-0.2, -0.15) is 0 Å². The SMILES string of the molecule is CC(=O)CCCCCCCCC(=O)CCCCC(C)=O.CC(=O)CCCCCCCCC(=O)CCCCC(C)=O.CC(=O)Cl.CC(=O)Cl.CC(=O)O.CC(=O)O.O=S(Cl)Cl. The van der Waals surface area contributed by atoms with Gasteiger partial charge in [0.2, 0.25) is 19.7 Å². The van der Waals surface area contributed by atoms with Crippen molar-refractivity contribution < 1.29 is 62.4 Å². The van der Waals surface area contributed by atoms with Crippen molar-refractivity contribution in [2.75, 3.05) is 0 Å². The third-order valence-electron chi connectivity index (χ3n) is 6.94. The molecule has 13 nitrogen and oxygen atoms in total. The molecule has 0 saturated heterocycles. The predicted molar refractivity (Wildman–Crippen MR) is 243 cm³/mol. The lowest BCUT2D eigenvalue weighted by Crippen LogP contribution is -1.98. The molecule has 0 aromatic carbocycles. The largest absolute Gasteiger partial charge is 0.481 e. The first kappa shape index (κ1) is 72.1. The van der Waals surface area contributed by atoms with Gasteiger partial charge in [0.1, 0.15) is 34.7 Å². The Morgan fingerprint density at radius 1 is 0.333 bits per heavy atom. The average molecular weight is 961 g/mol. The molecule has 0 aromatic heterocycles. The fraction of sp³-hybridized carbons (Fsp3) is 0.762. The van der Waals surface area contributed by atoms with Gasteiger partial charge in [0.05, 0.1) is 0 Å². The molecule has 0 fully saturated rings. The van der Waals surface area contributed by atoms with Crippen molar-refractivity contribution in [1.29, 1.82) is 0 Å². The van der Waals surface area contributed by atoms with Crippen molar-refractivity contribution in [3.05, 3.63) is 0 Å². The third kappa shape index (κ3) is 147. The van der Waals surface area contributed by atoms with E-state index in [2.05, 4.69) is 44.6 Å². The van der Waals surface area contributed by atoms with Gasteiger partial charge in [0.15, 0.2) is 0 Å². The van der Waals surface area contributed by atoms with Crippen LogP contribution >= 0.6 is 44.6 Å². The molecule has 0 spiro atoms. The lowest BCUT2D eigenvalue weighted by molar-refractivity contribution is -0.135. The highest BCUT2D eigenvalue weighted by atomic mass is 36.0. The Hall–Kier alpha value is -2.39. The fourth-order valence-corrected chi connectivity index (χ4v) is 4.45. The second-order valence-electron chi connectivity index (χ2n) is 13.7. The monoisotopic (exact) mass is 958 g/mol. The number of ketones is 6. The zero-order valence-corrected chi connectivity index (χ0v) is 41.1. The van der Waals surface area contributed by atoms with E-state index in [9.17, 15) is 38.4 Å². The molecular weight excluding hydrogens is 886 g/mol. The molecular formula is C42H74Cl4O13S. The Balaban J connectivity index is -0.000000129. The van der Waals surface area contributed by atoms with Gasteiger partial charge in [-0.1, -0.05) is 51.4 Å². The summed E-state index contributed by atoms with van der Waals surface area (Å²) < 4.78 is 9.09. The molecule has 0 aliphatic heterocycles. The first-order valence-electron chi connectivity index (χ1n) is 20.2. The number of hydrogen-bond donors (Lipinski definition) is 2. The lowest BCUT2D eigenvalue weighted by Gasteiger charge is -2.02. The van der Waals surface area contributed by atoms with Crippen molar-refractivity contribution in [2.45, 2.75) is 209 Å². The number of carbonyl (C=O) groups excluding carboxylic acids is 8. The van der Waals surface area contributed by atoms with E-state index in [1.165, 1.54) is 26.7 Å². The molecule has 18 heteroatoms. The van der Waals surface area contributed by atoms with Crippen LogP contribution in [0.4, 0.5) is 0 Å². The Morgan fingerprint density at radius 3 is 0.583 bits per heavy atom. The lowest BCUT2D eigenvalue weighted by atomic mass is 10.0. The van der Waals surface area contributed by atoms with E-state index in [4.69, 9.17) is 24.0 Å². The summed E-state index contributed by atoms with van der Waals surface area (Å²) in [5.74, 6) is -0.0135. The highest BCUT2D eigenvalue weighted by molar-refractivity contribution is 8.26. The molecule has 0 aromatic rings. The standard InChI is InChI=1S/2C17H30O3.2C2H3ClO.2C2H4O2.Cl2OS/c2*1-15(18)11-7-5-3-4-6-8-13-17(20)14-10-9-12-16(2)19;4*1-2(3)4;1-4(2)3/h2*3-14H2,1-2H3;2*1H3;2*1H3,(H,3,4);. The normalized spacial score (nSPS) is 9.28. The topological polar surface area (TPSA) is 228 Å². The van der Waals surface area contributed by atoms with Crippen molar-refractivity contribution in [3.63, 3.8) is 0 Å². The fourth-order valence-electron chi connectivity index (χ4n) is 4.45. The Kier molecular flexibility index (Phi) is 70.5. The third-order valence-corrected chi connectivity index (χ3v) is 6.94. The molecule has 0 heterocycles. The molecule has 0 amide bonds. The summed E-state index contributed by atoms with van der Waals surface area (Å²) in [6.07, 6.45) is 21.8. The highest BCUT2D eigenvalue weighted by Crippen LogP contribution is 2.12. The zero-order valence-electron chi connectivity index (χ0n) is 37.3. The molecule has 0 aliphatic rings. The van der Waals surface area contributed by atoms with E-state index in [1.807, 2.05) is 0 Å². The summed E-state index contributed by atoms with van der Waals surface area (Å²) in [5.41, 5.74) is 0. The average Bonchev–Trinajstić information content (AvgIpc) is 3.06. The number of carboxylic acids is 2. The van der Waals surface area contributed by atoms with Gasteiger partial charge in [-0.05, 0) is 102 Å². The number of aliphatic carboxylic acids is 2. The summed E-state index contributed by atoms with van der Waals surface area (Å²) in [7, 11) is 7.36. The summed E-state index contributed by atoms with van der Waals surface area (Å²) in [4.78, 5) is 103. The molecule has 0 saturated carbocycles. The molecule has 2 N–H and O–H groups in total. The maximum Gasteiger partial charge on any atom is 0.300 e. The zero-order chi connectivity index (χ0) is 48.3. The van der Waals surface area contributed by atoms with E-state index in [0.29, 0.717) is 62.9 Å². The van der Waals surface area contributed by atoms with Crippen molar-refractivity contribution in [2.24, 2.45) is 0 Å². The molecule has 0 bridgehead atoms. The van der Waals surface area contributed by atoms with E-state index < -0.39 is 21.2 Å². The van der Waals surface area contributed by atoms with Crippen LogP contribution in [0.25, 0.3) is 0 Å². The highest BCUT2D eigenvalue weighted by Gasteiger charge is 2.04. The maximum absolute atomic E-state index is 11.6. The first-order valence-corrected chi connectivity index (χ1v) is 23.7. The van der Waals surface area contributed by atoms with Gasteiger partial charge in [-0.25, -0.2) is 4.21 Å². The van der Waals surface area contributed by atoms with Crippen LogP contribution in [0, 0.1) is 0 Å². The summed E-state index contributed by atoms with van der Waals surface area (Å²) in [6, 6.07) is 0. The minimum absolute atomic E-state index is 0.210. The molecule has 0 unspecified atom stereocenters. The predicted octanol–water partition coefficient (Wildman–Crippen LogP) is 11.6. The number of rotatable bonds is 28. The van der Waals surface area contributed by atoms with Crippen LogP contribution in [-0.4, -0.2) is 71.5 Å². The van der Waals surface area contributed by atoms with Crippen LogP contribution in [-0.2, 0) is 57.2 Å². The number of carboxylic acid groups (broad SMARTS) is 2. The summed E-state index contributed by atoms with van der Waals surface area (Å²) >= 11 is 9.27. The molecule has 0 aliphatic carbocycles.